The van der Waals surface area contributed by atoms with E-state index < -0.39 is 23.8 Å². The van der Waals surface area contributed by atoms with Crippen molar-refractivity contribution in [3.8, 4) is 0 Å². The zero-order valence-electron chi connectivity index (χ0n) is 18.5. The highest BCUT2D eigenvalue weighted by Crippen LogP contribution is 2.11. The third-order valence-electron chi connectivity index (χ3n) is 4.42. The summed E-state index contributed by atoms with van der Waals surface area (Å²) in [5.41, 5.74) is 0.223. The van der Waals surface area contributed by atoms with Crippen LogP contribution in [0.2, 0.25) is 0 Å². The average molecular weight is 436 g/mol. The number of nitrogens with zero attached hydrogens (tertiary/aromatic N) is 1. The molecule has 9 heteroatoms. The normalized spacial score (nSPS) is 14.6. The van der Waals surface area contributed by atoms with E-state index in [1.165, 1.54) is 0 Å². The van der Waals surface area contributed by atoms with Crippen LogP contribution in [0.25, 0.3) is 0 Å². The predicted molar refractivity (Wildman–Crippen MR) is 114 cm³/mol. The van der Waals surface area contributed by atoms with Crippen LogP contribution in [-0.2, 0) is 25.6 Å². The lowest BCUT2D eigenvalue weighted by Gasteiger charge is -2.26. The molecule has 1 aliphatic rings. The highest BCUT2D eigenvalue weighted by molar-refractivity contribution is 5.86. The molecular formula is C22H33N3O6. The molecule has 0 aliphatic carbocycles. The topological polar surface area (TPSA) is 106 Å². The Morgan fingerprint density at radius 1 is 1.06 bits per heavy atom. The lowest BCUT2D eigenvalue weighted by Crippen LogP contribution is -2.51. The molecule has 1 saturated heterocycles. The molecule has 3 amide bonds. The zero-order valence-corrected chi connectivity index (χ0v) is 18.5. The molecule has 1 unspecified atom stereocenters. The summed E-state index contributed by atoms with van der Waals surface area (Å²) in [7, 11) is 0. The lowest BCUT2D eigenvalue weighted by atomic mass is 10.2. The fourth-order valence-electron chi connectivity index (χ4n) is 2.98. The molecule has 2 rings (SSSR count). The van der Waals surface area contributed by atoms with Gasteiger partial charge in [-0.05, 0) is 39.2 Å². The Labute approximate surface area is 183 Å². The van der Waals surface area contributed by atoms with Crippen molar-refractivity contribution in [2.75, 3.05) is 32.8 Å². The minimum atomic E-state index is -0.849. The monoisotopic (exact) mass is 435 g/mol. The summed E-state index contributed by atoms with van der Waals surface area (Å²) in [6, 6.07) is 8.51. The molecule has 31 heavy (non-hydrogen) atoms. The average Bonchev–Trinajstić information content (AvgIpc) is 3.25. The van der Waals surface area contributed by atoms with Gasteiger partial charge in [-0.3, -0.25) is 4.79 Å². The van der Waals surface area contributed by atoms with Gasteiger partial charge in [-0.2, -0.15) is 0 Å². The number of hydrogen-bond acceptors (Lipinski definition) is 6. The van der Waals surface area contributed by atoms with Gasteiger partial charge in [-0.15, -0.1) is 0 Å². The van der Waals surface area contributed by atoms with Crippen LogP contribution in [0.4, 0.5) is 9.59 Å². The summed E-state index contributed by atoms with van der Waals surface area (Å²) < 4.78 is 15.9. The Bertz CT molecular complexity index is 714. The van der Waals surface area contributed by atoms with Gasteiger partial charge in [-0.1, -0.05) is 30.3 Å². The molecule has 172 valence electrons. The van der Waals surface area contributed by atoms with Crippen molar-refractivity contribution in [3.63, 3.8) is 0 Å². The van der Waals surface area contributed by atoms with Crippen LogP contribution < -0.4 is 10.6 Å². The van der Waals surface area contributed by atoms with Crippen LogP contribution in [0, 0.1) is 0 Å². The molecule has 2 N–H and O–H groups in total. The highest BCUT2D eigenvalue weighted by atomic mass is 16.6. The second-order valence-electron chi connectivity index (χ2n) is 8.29. The van der Waals surface area contributed by atoms with Crippen molar-refractivity contribution >= 4 is 18.1 Å². The van der Waals surface area contributed by atoms with Crippen molar-refractivity contribution in [3.05, 3.63) is 35.9 Å². The van der Waals surface area contributed by atoms with Gasteiger partial charge in [0.25, 0.3) is 0 Å². The first-order chi connectivity index (χ1) is 14.7. The van der Waals surface area contributed by atoms with Gasteiger partial charge in [0.2, 0.25) is 5.91 Å². The van der Waals surface area contributed by atoms with Crippen LogP contribution in [-0.4, -0.2) is 67.5 Å². The molecule has 1 heterocycles. The fraction of sp³-hybridized carbons (Fsp3) is 0.591. The molecule has 0 radical (unpaired) electrons. The quantitative estimate of drug-likeness (QED) is 0.577. The number of amides is 3. The maximum atomic E-state index is 12.7. The number of benzene rings is 1. The van der Waals surface area contributed by atoms with Crippen LogP contribution in [0.5, 0.6) is 0 Å². The van der Waals surface area contributed by atoms with Gasteiger partial charge in [0.15, 0.2) is 0 Å². The summed E-state index contributed by atoms with van der Waals surface area (Å²) in [4.78, 5) is 38.3. The largest absolute Gasteiger partial charge is 0.445 e. The first kappa shape index (κ1) is 24.5. The number of likely N-dealkylation sites (tertiary alicyclic amines) is 1. The maximum absolute atomic E-state index is 12.7. The van der Waals surface area contributed by atoms with Crippen molar-refractivity contribution < 1.29 is 28.6 Å². The number of nitrogens with one attached hydrogen (secondary N) is 2. The van der Waals surface area contributed by atoms with Gasteiger partial charge < -0.3 is 29.7 Å². The van der Waals surface area contributed by atoms with Crippen LogP contribution >= 0.6 is 0 Å². The third-order valence-corrected chi connectivity index (χ3v) is 4.42. The van der Waals surface area contributed by atoms with Crippen LogP contribution in [0.1, 0.15) is 39.2 Å². The van der Waals surface area contributed by atoms with Gasteiger partial charge in [-0.25, -0.2) is 9.59 Å². The minimum absolute atomic E-state index is 0.0185. The molecule has 0 saturated carbocycles. The SMILES string of the molecule is CC(C)(C)OC(=O)NC(COCCNC(=O)OCc1ccccc1)C(=O)N1CCCC1. The third kappa shape index (κ3) is 9.69. The van der Waals surface area contributed by atoms with Crippen molar-refractivity contribution in [2.45, 2.75) is 51.9 Å². The Morgan fingerprint density at radius 2 is 1.74 bits per heavy atom. The molecule has 0 bridgehead atoms. The lowest BCUT2D eigenvalue weighted by molar-refractivity contribution is -0.134. The molecule has 1 aromatic carbocycles. The van der Waals surface area contributed by atoms with Crippen molar-refractivity contribution in [1.29, 1.82) is 0 Å². The number of alkyl carbamates (subject to hydrolysis) is 2. The fourth-order valence-corrected chi connectivity index (χ4v) is 2.98. The van der Waals surface area contributed by atoms with Gasteiger partial charge in [0.05, 0.1) is 13.2 Å². The molecule has 9 nitrogen and oxygen atoms in total. The Hall–Kier alpha value is -2.81. The van der Waals surface area contributed by atoms with E-state index in [0.29, 0.717) is 13.1 Å². The van der Waals surface area contributed by atoms with Crippen molar-refractivity contribution in [1.82, 2.24) is 15.5 Å². The van der Waals surface area contributed by atoms with Gasteiger partial charge >= 0.3 is 12.2 Å². The smallest absolute Gasteiger partial charge is 0.408 e. The first-order valence-corrected chi connectivity index (χ1v) is 10.6. The standard InChI is InChI=1S/C22H33N3O6/c1-22(2,3)31-21(28)24-18(19(26)25-12-7-8-13-25)16-29-14-11-23-20(27)30-15-17-9-5-4-6-10-17/h4-6,9-10,18H,7-8,11-16H2,1-3H3,(H,23,27)(H,24,28). The molecule has 1 fully saturated rings. The number of rotatable bonds is 9. The van der Waals surface area contributed by atoms with E-state index in [0.717, 1.165) is 18.4 Å². The minimum Gasteiger partial charge on any atom is -0.445 e. The van der Waals surface area contributed by atoms with E-state index in [4.69, 9.17) is 14.2 Å². The second kappa shape index (κ2) is 12.1. The first-order valence-electron chi connectivity index (χ1n) is 10.6. The summed E-state index contributed by atoms with van der Waals surface area (Å²) in [5, 5.41) is 5.19. The second-order valence-corrected chi connectivity index (χ2v) is 8.29. The summed E-state index contributed by atoms with van der Waals surface area (Å²) in [5.74, 6) is -0.196. The Balaban J connectivity index is 1.72. The molecule has 0 aromatic heterocycles. The van der Waals surface area contributed by atoms with Crippen LogP contribution in [0.15, 0.2) is 30.3 Å². The molecular weight excluding hydrogens is 402 g/mol. The Morgan fingerprint density at radius 3 is 2.39 bits per heavy atom. The molecule has 0 spiro atoms. The van der Waals surface area contributed by atoms with Gasteiger partial charge in [0.1, 0.15) is 18.2 Å². The van der Waals surface area contributed by atoms with Gasteiger partial charge in [0, 0.05) is 19.6 Å². The van der Waals surface area contributed by atoms with E-state index in [9.17, 15) is 14.4 Å². The molecule has 1 atom stereocenters. The number of ether oxygens (including phenoxy) is 3. The van der Waals surface area contributed by atoms with E-state index >= 15 is 0 Å². The van der Waals surface area contributed by atoms with E-state index in [1.54, 1.807) is 25.7 Å². The molecule has 1 aliphatic heterocycles. The van der Waals surface area contributed by atoms with E-state index in [-0.39, 0.29) is 32.3 Å². The van der Waals surface area contributed by atoms with E-state index in [2.05, 4.69) is 10.6 Å². The van der Waals surface area contributed by atoms with E-state index in [1.807, 2.05) is 30.3 Å². The zero-order chi connectivity index (χ0) is 22.7. The van der Waals surface area contributed by atoms with Crippen molar-refractivity contribution in [2.24, 2.45) is 0 Å². The Kier molecular flexibility index (Phi) is 9.58. The summed E-state index contributed by atoms with van der Waals surface area (Å²) in [6.45, 7) is 7.13. The molecule has 1 aromatic rings. The summed E-state index contributed by atoms with van der Waals surface area (Å²) >= 11 is 0. The van der Waals surface area contributed by atoms with Crippen LogP contribution in [0.3, 0.4) is 0 Å². The summed E-state index contributed by atoms with van der Waals surface area (Å²) in [6.07, 6.45) is 0.668. The number of carbonyl (C=O) groups excluding carboxylic acids is 3. The predicted octanol–water partition coefficient (Wildman–Crippen LogP) is 2.45. The number of hydrogen-bond donors (Lipinski definition) is 2. The number of carbonyl (C=O) groups is 3. The highest BCUT2D eigenvalue weighted by Gasteiger charge is 2.29. The maximum Gasteiger partial charge on any atom is 0.408 e.